The third-order valence-corrected chi connectivity index (χ3v) is 1.76. The third kappa shape index (κ3) is 3.21. The molecule has 1 rings (SSSR count). The summed E-state index contributed by atoms with van der Waals surface area (Å²) in [7, 11) is 0. The molecule has 0 aliphatic rings. The van der Waals surface area contributed by atoms with Crippen molar-refractivity contribution in [1.29, 1.82) is 0 Å². The van der Waals surface area contributed by atoms with Crippen molar-refractivity contribution in [3.8, 4) is 0 Å². The van der Waals surface area contributed by atoms with Crippen LogP contribution in [0.5, 0.6) is 0 Å². The third-order valence-electron chi connectivity index (χ3n) is 1.60. The van der Waals surface area contributed by atoms with Crippen LogP contribution in [-0.4, -0.2) is 23.4 Å². The maximum absolute atomic E-state index is 11.3. The van der Waals surface area contributed by atoms with Crippen molar-refractivity contribution in [2.24, 2.45) is 0 Å². The monoisotopic (exact) mass is 229 g/mol. The lowest BCUT2D eigenvalue weighted by atomic mass is 10.2. The molecule has 0 amide bonds. The van der Waals surface area contributed by atoms with Crippen LogP contribution in [0.3, 0.4) is 0 Å². The second kappa shape index (κ2) is 5.31. The van der Waals surface area contributed by atoms with E-state index in [2.05, 4.69) is 0 Å². The van der Waals surface area contributed by atoms with Crippen LogP contribution in [0.2, 0.25) is 0 Å². The van der Waals surface area contributed by atoms with E-state index < -0.39 is 10.9 Å². The van der Waals surface area contributed by atoms with Crippen molar-refractivity contribution in [1.82, 2.24) is 0 Å². The number of alkyl halides is 1. The van der Waals surface area contributed by atoms with Crippen molar-refractivity contribution in [2.45, 2.75) is 0 Å². The highest BCUT2D eigenvalue weighted by molar-refractivity contribution is 6.18. The Morgan fingerprint density at radius 3 is 2.87 bits per heavy atom. The number of nitrogens with zero attached hydrogens (tertiary/aromatic N) is 1. The van der Waals surface area contributed by atoms with Crippen molar-refractivity contribution >= 4 is 23.3 Å². The number of rotatable bonds is 4. The zero-order valence-electron chi connectivity index (χ0n) is 7.68. The Morgan fingerprint density at radius 2 is 2.27 bits per heavy atom. The summed E-state index contributed by atoms with van der Waals surface area (Å²) in [5, 5.41) is 10.4. The molecule has 6 heteroatoms. The molecule has 0 spiro atoms. The summed E-state index contributed by atoms with van der Waals surface area (Å²) in [5.74, 6) is -0.417. The van der Waals surface area contributed by atoms with Crippen LogP contribution in [0, 0.1) is 10.1 Å². The fourth-order valence-corrected chi connectivity index (χ4v) is 1.04. The first-order valence-electron chi connectivity index (χ1n) is 4.12. The first kappa shape index (κ1) is 11.5. The highest BCUT2D eigenvalue weighted by atomic mass is 35.5. The number of nitro groups is 1. The molecule has 0 unspecified atom stereocenters. The zero-order valence-corrected chi connectivity index (χ0v) is 8.44. The average Bonchev–Trinajstić information content (AvgIpc) is 2.26. The van der Waals surface area contributed by atoms with Crippen LogP contribution >= 0.6 is 11.6 Å². The molecule has 1 aromatic carbocycles. The Bertz CT molecular complexity index is 380. The molecule has 15 heavy (non-hydrogen) atoms. The van der Waals surface area contributed by atoms with Gasteiger partial charge in [0.15, 0.2) is 0 Å². The lowest BCUT2D eigenvalue weighted by Crippen LogP contribution is -2.07. The van der Waals surface area contributed by atoms with Gasteiger partial charge in [-0.25, -0.2) is 4.79 Å². The normalized spacial score (nSPS) is 9.67. The molecule has 5 nitrogen and oxygen atoms in total. The van der Waals surface area contributed by atoms with Gasteiger partial charge in [-0.3, -0.25) is 10.1 Å². The molecule has 0 aliphatic carbocycles. The van der Waals surface area contributed by atoms with Gasteiger partial charge >= 0.3 is 5.97 Å². The topological polar surface area (TPSA) is 69.4 Å². The van der Waals surface area contributed by atoms with Crippen molar-refractivity contribution in [3.63, 3.8) is 0 Å². The number of hydrogen-bond donors (Lipinski definition) is 0. The number of hydrogen-bond acceptors (Lipinski definition) is 4. The number of benzene rings is 1. The molecule has 0 radical (unpaired) electrons. The van der Waals surface area contributed by atoms with Crippen LogP contribution in [-0.2, 0) is 4.74 Å². The van der Waals surface area contributed by atoms with E-state index >= 15 is 0 Å². The minimum absolute atomic E-state index is 0.0864. The van der Waals surface area contributed by atoms with Gasteiger partial charge in [0.1, 0.15) is 6.61 Å². The lowest BCUT2D eigenvalue weighted by Gasteiger charge is -2.01. The van der Waals surface area contributed by atoms with Gasteiger partial charge in [-0.05, 0) is 6.07 Å². The molecule has 0 saturated heterocycles. The molecule has 0 fully saturated rings. The number of nitro benzene ring substituents is 1. The van der Waals surface area contributed by atoms with E-state index in [-0.39, 0.29) is 23.7 Å². The second-order valence-corrected chi connectivity index (χ2v) is 3.01. The van der Waals surface area contributed by atoms with Crippen LogP contribution < -0.4 is 0 Å². The molecule has 0 atom stereocenters. The van der Waals surface area contributed by atoms with Crippen molar-refractivity contribution < 1.29 is 14.5 Å². The minimum Gasteiger partial charge on any atom is -0.461 e. The van der Waals surface area contributed by atoms with Crippen LogP contribution in [0.1, 0.15) is 10.4 Å². The minimum atomic E-state index is -0.612. The first-order valence-corrected chi connectivity index (χ1v) is 4.66. The predicted molar refractivity (Wildman–Crippen MR) is 54.1 cm³/mol. The highest BCUT2D eigenvalue weighted by Gasteiger charge is 2.11. The standard InChI is InChI=1S/C9H8ClNO4/c10-4-5-15-9(12)7-2-1-3-8(6-7)11(13)14/h1-3,6H,4-5H2. The summed E-state index contributed by atoms with van der Waals surface area (Å²) in [6.45, 7) is 0.0864. The zero-order chi connectivity index (χ0) is 11.3. The maximum Gasteiger partial charge on any atom is 0.338 e. The molecule has 0 aliphatic heterocycles. The average molecular weight is 230 g/mol. The number of halogens is 1. The van der Waals surface area contributed by atoms with Gasteiger partial charge in [-0.1, -0.05) is 6.07 Å². The van der Waals surface area contributed by atoms with E-state index in [1.165, 1.54) is 18.2 Å². The van der Waals surface area contributed by atoms with Crippen LogP contribution in [0.25, 0.3) is 0 Å². The molecular formula is C9H8ClNO4. The molecular weight excluding hydrogens is 222 g/mol. The van der Waals surface area contributed by atoms with E-state index in [9.17, 15) is 14.9 Å². The van der Waals surface area contributed by atoms with Crippen LogP contribution in [0.15, 0.2) is 24.3 Å². The SMILES string of the molecule is O=C(OCCCl)c1cccc([N+](=O)[O-])c1. The van der Waals surface area contributed by atoms with Crippen LogP contribution in [0.4, 0.5) is 5.69 Å². The number of ether oxygens (including phenoxy) is 1. The quantitative estimate of drug-likeness (QED) is 0.343. The van der Waals surface area contributed by atoms with E-state index in [0.717, 1.165) is 6.07 Å². The van der Waals surface area contributed by atoms with Gasteiger partial charge in [0, 0.05) is 12.1 Å². The van der Waals surface area contributed by atoms with Gasteiger partial charge < -0.3 is 4.74 Å². The molecule has 0 aromatic heterocycles. The Hall–Kier alpha value is -1.62. The van der Waals surface area contributed by atoms with Gasteiger partial charge in [-0.2, -0.15) is 0 Å². The summed E-state index contributed by atoms with van der Waals surface area (Å²) in [6, 6.07) is 5.34. The second-order valence-electron chi connectivity index (χ2n) is 2.63. The number of carbonyl (C=O) groups is 1. The van der Waals surface area contributed by atoms with Crippen molar-refractivity contribution in [3.05, 3.63) is 39.9 Å². The van der Waals surface area contributed by atoms with Crippen molar-refractivity contribution in [2.75, 3.05) is 12.5 Å². The summed E-state index contributed by atoms with van der Waals surface area (Å²) < 4.78 is 4.72. The lowest BCUT2D eigenvalue weighted by molar-refractivity contribution is -0.384. The van der Waals surface area contributed by atoms with Gasteiger partial charge in [-0.15, -0.1) is 11.6 Å². The summed E-state index contributed by atoms with van der Waals surface area (Å²) in [4.78, 5) is 21.1. The van der Waals surface area contributed by atoms with Gasteiger partial charge in [0.2, 0.25) is 0 Å². The Kier molecular flexibility index (Phi) is 4.05. The van der Waals surface area contributed by atoms with E-state index in [1.54, 1.807) is 0 Å². The number of non-ortho nitro benzene ring substituents is 1. The molecule has 1 aromatic rings. The number of esters is 1. The van der Waals surface area contributed by atoms with Gasteiger partial charge in [0.25, 0.3) is 5.69 Å². The predicted octanol–water partition coefficient (Wildman–Crippen LogP) is 1.99. The summed E-state index contributed by atoms with van der Waals surface area (Å²) in [6.07, 6.45) is 0. The highest BCUT2D eigenvalue weighted by Crippen LogP contribution is 2.13. The fraction of sp³-hybridized carbons (Fsp3) is 0.222. The maximum atomic E-state index is 11.3. The molecule has 0 bridgehead atoms. The smallest absolute Gasteiger partial charge is 0.338 e. The molecule has 80 valence electrons. The largest absolute Gasteiger partial charge is 0.461 e. The number of carbonyl (C=O) groups excluding carboxylic acids is 1. The Balaban J connectivity index is 2.81. The Morgan fingerprint density at radius 1 is 1.53 bits per heavy atom. The van der Waals surface area contributed by atoms with Gasteiger partial charge in [0.05, 0.1) is 16.4 Å². The Labute approximate surface area is 90.8 Å². The first-order chi connectivity index (χ1) is 7.15. The fourth-order valence-electron chi connectivity index (χ4n) is 0.961. The summed E-state index contributed by atoms with van der Waals surface area (Å²) >= 11 is 5.33. The van der Waals surface area contributed by atoms with E-state index in [1.807, 2.05) is 0 Å². The summed E-state index contributed by atoms with van der Waals surface area (Å²) in [5.41, 5.74) is 0.00430. The van der Waals surface area contributed by atoms with E-state index in [0.29, 0.717) is 0 Å². The molecule has 0 heterocycles. The molecule has 0 saturated carbocycles. The molecule has 0 N–H and O–H groups in total. The van der Waals surface area contributed by atoms with E-state index in [4.69, 9.17) is 16.3 Å².